The van der Waals surface area contributed by atoms with Crippen LogP contribution in [0, 0.1) is 0 Å². The van der Waals surface area contributed by atoms with Crippen molar-refractivity contribution in [1.29, 1.82) is 0 Å². The van der Waals surface area contributed by atoms with E-state index in [2.05, 4.69) is 54.0 Å². The maximum absolute atomic E-state index is 8.86. The summed E-state index contributed by atoms with van der Waals surface area (Å²) >= 11 is 0. The van der Waals surface area contributed by atoms with Gasteiger partial charge in [-0.1, -0.05) is 36.4 Å². The number of hydrogen-bond acceptors (Lipinski definition) is 1. The van der Waals surface area contributed by atoms with Crippen LogP contribution in [-0.2, 0) is 6.54 Å². The summed E-state index contributed by atoms with van der Waals surface area (Å²) in [4.78, 5) is 0. The number of para-hydroxylation sites is 1. The van der Waals surface area contributed by atoms with Crippen LogP contribution in [0.25, 0.3) is 27.9 Å². The Balaban J connectivity index is 2.33. The van der Waals surface area contributed by atoms with E-state index in [-0.39, 0.29) is 6.61 Å². The highest BCUT2D eigenvalue weighted by atomic mass is 16.2. The van der Waals surface area contributed by atoms with Crippen LogP contribution in [0.2, 0.25) is 0 Å². The summed E-state index contributed by atoms with van der Waals surface area (Å²) in [6.45, 7) is 3.22. The van der Waals surface area contributed by atoms with E-state index in [1.807, 2.05) is 6.08 Å². The Morgan fingerprint density at radius 1 is 1.05 bits per heavy atom. The van der Waals surface area contributed by atoms with Crippen LogP contribution in [0.3, 0.4) is 0 Å². The molecule has 0 saturated carbocycles. The first-order chi connectivity index (χ1) is 9.35. The molecule has 0 saturated heterocycles. The molecule has 1 aromatic heterocycles. The number of rotatable bonds is 3. The summed E-state index contributed by atoms with van der Waals surface area (Å²) in [5.41, 5.74) is 3.67. The third kappa shape index (κ3) is 1.94. The molecule has 96 valence electrons. The largest absolute Gasteiger partial charge is 0.392 e. The van der Waals surface area contributed by atoms with E-state index in [4.69, 9.17) is 5.11 Å². The minimum Gasteiger partial charge on any atom is -0.392 e. The van der Waals surface area contributed by atoms with E-state index in [0.29, 0.717) is 0 Å². The van der Waals surface area contributed by atoms with E-state index in [1.165, 1.54) is 21.8 Å². The van der Waals surface area contributed by atoms with E-state index in [9.17, 15) is 0 Å². The predicted octanol–water partition coefficient (Wildman–Crippen LogP) is 3.82. The summed E-state index contributed by atoms with van der Waals surface area (Å²) in [5, 5.41) is 11.4. The van der Waals surface area contributed by atoms with Gasteiger partial charge in [-0.3, -0.25) is 0 Å². The lowest BCUT2D eigenvalue weighted by Gasteiger charge is -2.02. The minimum atomic E-state index is 0.0781. The molecule has 2 nitrogen and oxygen atoms in total. The van der Waals surface area contributed by atoms with Crippen molar-refractivity contribution in [2.45, 2.75) is 13.5 Å². The Bertz CT molecular complexity index is 752. The van der Waals surface area contributed by atoms with Crippen molar-refractivity contribution in [2.24, 2.45) is 0 Å². The summed E-state index contributed by atoms with van der Waals surface area (Å²) in [6, 6.07) is 15.0. The van der Waals surface area contributed by atoms with Gasteiger partial charge in [0, 0.05) is 28.4 Å². The monoisotopic (exact) mass is 251 g/mol. The smallest absolute Gasteiger partial charge is 0.0615 e. The summed E-state index contributed by atoms with van der Waals surface area (Å²) < 4.78 is 2.34. The SMILES string of the molecule is CCn1c2ccccc2c2cc(C=CCO)ccc21. The zero-order chi connectivity index (χ0) is 13.2. The number of benzene rings is 2. The van der Waals surface area contributed by atoms with Crippen LogP contribution in [0.4, 0.5) is 0 Å². The molecule has 0 atom stereocenters. The van der Waals surface area contributed by atoms with Crippen molar-refractivity contribution < 1.29 is 5.11 Å². The first kappa shape index (κ1) is 12.0. The highest BCUT2D eigenvalue weighted by Crippen LogP contribution is 2.29. The van der Waals surface area contributed by atoms with Crippen LogP contribution in [0.1, 0.15) is 12.5 Å². The fourth-order valence-corrected chi connectivity index (χ4v) is 2.70. The van der Waals surface area contributed by atoms with Crippen molar-refractivity contribution in [3.05, 3.63) is 54.1 Å². The minimum absolute atomic E-state index is 0.0781. The molecule has 2 aromatic carbocycles. The van der Waals surface area contributed by atoms with E-state index in [1.54, 1.807) is 6.08 Å². The maximum atomic E-state index is 8.86. The Morgan fingerprint density at radius 2 is 1.84 bits per heavy atom. The second kappa shape index (κ2) is 4.90. The van der Waals surface area contributed by atoms with Crippen LogP contribution in [-0.4, -0.2) is 16.3 Å². The molecule has 2 heteroatoms. The molecule has 0 aliphatic carbocycles. The number of hydrogen-bond donors (Lipinski definition) is 1. The van der Waals surface area contributed by atoms with Crippen molar-refractivity contribution in [3.63, 3.8) is 0 Å². The Hall–Kier alpha value is -2.06. The van der Waals surface area contributed by atoms with Crippen molar-refractivity contribution in [1.82, 2.24) is 4.57 Å². The van der Waals surface area contributed by atoms with Crippen molar-refractivity contribution in [2.75, 3.05) is 6.61 Å². The highest BCUT2D eigenvalue weighted by Gasteiger charge is 2.08. The van der Waals surface area contributed by atoms with Gasteiger partial charge in [-0.2, -0.15) is 0 Å². The molecular formula is C17H17NO. The molecule has 0 spiro atoms. The first-order valence-corrected chi connectivity index (χ1v) is 6.63. The number of aliphatic hydroxyl groups is 1. The van der Waals surface area contributed by atoms with Crippen LogP contribution in [0.5, 0.6) is 0 Å². The molecular weight excluding hydrogens is 234 g/mol. The molecule has 3 aromatic rings. The standard InChI is InChI=1S/C17H17NO/c1-2-18-16-8-4-3-7-14(16)15-12-13(6-5-11-19)9-10-17(15)18/h3-10,12,19H,2,11H2,1H3. The van der Waals surface area contributed by atoms with Gasteiger partial charge in [0.25, 0.3) is 0 Å². The molecule has 0 amide bonds. The molecule has 1 N–H and O–H groups in total. The number of aryl methyl sites for hydroxylation is 1. The van der Waals surface area contributed by atoms with Gasteiger partial charge in [0.15, 0.2) is 0 Å². The van der Waals surface area contributed by atoms with E-state index < -0.39 is 0 Å². The van der Waals surface area contributed by atoms with Crippen LogP contribution in [0.15, 0.2) is 48.5 Å². The fourth-order valence-electron chi connectivity index (χ4n) is 2.70. The number of fused-ring (bicyclic) bond motifs is 3. The highest BCUT2D eigenvalue weighted by molar-refractivity contribution is 6.08. The number of aromatic nitrogens is 1. The van der Waals surface area contributed by atoms with Gasteiger partial charge < -0.3 is 9.67 Å². The molecule has 0 aliphatic rings. The molecule has 19 heavy (non-hydrogen) atoms. The van der Waals surface area contributed by atoms with E-state index in [0.717, 1.165) is 12.1 Å². The third-order valence-electron chi connectivity index (χ3n) is 3.53. The number of aliphatic hydroxyl groups excluding tert-OH is 1. The molecule has 3 rings (SSSR count). The Labute approximate surface area is 112 Å². The van der Waals surface area contributed by atoms with Gasteiger partial charge in [-0.15, -0.1) is 0 Å². The van der Waals surface area contributed by atoms with Gasteiger partial charge in [0.2, 0.25) is 0 Å². The number of nitrogens with zero attached hydrogens (tertiary/aromatic N) is 1. The van der Waals surface area contributed by atoms with Crippen molar-refractivity contribution >= 4 is 27.9 Å². The summed E-state index contributed by atoms with van der Waals surface area (Å²) in [7, 11) is 0. The Morgan fingerprint density at radius 3 is 2.63 bits per heavy atom. The molecule has 0 bridgehead atoms. The van der Waals surface area contributed by atoms with E-state index >= 15 is 0 Å². The predicted molar refractivity (Wildman–Crippen MR) is 81.2 cm³/mol. The van der Waals surface area contributed by atoms with Gasteiger partial charge >= 0.3 is 0 Å². The lowest BCUT2D eigenvalue weighted by molar-refractivity contribution is 0.343. The first-order valence-electron chi connectivity index (χ1n) is 6.63. The zero-order valence-electron chi connectivity index (χ0n) is 11.0. The average Bonchev–Trinajstić information content (AvgIpc) is 2.78. The quantitative estimate of drug-likeness (QED) is 0.752. The van der Waals surface area contributed by atoms with Gasteiger partial charge in [-0.25, -0.2) is 0 Å². The molecule has 1 heterocycles. The second-order valence-corrected chi connectivity index (χ2v) is 4.62. The summed E-state index contributed by atoms with van der Waals surface area (Å²) in [6.07, 6.45) is 3.72. The molecule has 0 radical (unpaired) electrons. The van der Waals surface area contributed by atoms with Gasteiger partial charge in [0.05, 0.1) is 6.61 Å². The molecule has 0 unspecified atom stereocenters. The van der Waals surface area contributed by atoms with Gasteiger partial charge in [0.1, 0.15) is 0 Å². The zero-order valence-corrected chi connectivity index (χ0v) is 11.0. The van der Waals surface area contributed by atoms with Crippen LogP contribution >= 0.6 is 0 Å². The lowest BCUT2D eigenvalue weighted by Crippen LogP contribution is -1.92. The summed E-state index contributed by atoms with van der Waals surface area (Å²) in [5.74, 6) is 0. The van der Waals surface area contributed by atoms with Crippen LogP contribution < -0.4 is 0 Å². The molecule has 0 fully saturated rings. The second-order valence-electron chi connectivity index (χ2n) is 4.62. The average molecular weight is 251 g/mol. The molecule has 0 aliphatic heterocycles. The normalized spacial score (nSPS) is 11.9. The maximum Gasteiger partial charge on any atom is 0.0615 e. The Kier molecular flexibility index (Phi) is 3.10. The fraction of sp³-hybridized carbons (Fsp3) is 0.176. The van der Waals surface area contributed by atoms with Crippen molar-refractivity contribution in [3.8, 4) is 0 Å². The third-order valence-corrected chi connectivity index (χ3v) is 3.53. The van der Waals surface area contributed by atoms with Gasteiger partial charge in [-0.05, 0) is 30.7 Å². The topological polar surface area (TPSA) is 25.2 Å². The lowest BCUT2D eigenvalue weighted by atomic mass is 10.1.